The van der Waals surface area contributed by atoms with Crippen LogP contribution in [0.15, 0.2) is 40.7 Å². The van der Waals surface area contributed by atoms with Crippen LogP contribution in [0.1, 0.15) is 17.2 Å². The summed E-state index contributed by atoms with van der Waals surface area (Å²) in [4.78, 5) is 20.1. The van der Waals surface area contributed by atoms with Gasteiger partial charge in [0.2, 0.25) is 5.91 Å². The van der Waals surface area contributed by atoms with Gasteiger partial charge >= 0.3 is 0 Å². The Labute approximate surface area is 110 Å². The lowest BCUT2D eigenvalue weighted by Gasteiger charge is -2.28. The van der Waals surface area contributed by atoms with E-state index in [4.69, 9.17) is 4.99 Å². The van der Waals surface area contributed by atoms with Crippen molar-refractivity contribution < 1.29 is 4.79 Å². The zero-order valence-corrected chi connectivity index (χ0v) is 10.6. The summed E-state index contributed by atoms with van der Waals surface area (Å²) in [5.74, 6) is 0.213. The van der Waals surface area contributed by atoms with Crippen LogP contribution < -0.4 is 0 Å². The monoisotopic (exact) mass is 256 g/mol. The van der Waals surface area contributed by atoms with Gasteiger partial charge in [-0.25, -0.2) is 0 Å². The van der Waals surface area contributed by atoms with Crippen molar-refractivity contribution >= 4 is 22.8 Å². The minimum Gasteiger partial charge on any atom is -0.286 e. The number of carbonyl (C=O) groups is 1. The highest BCUT2D eigenvalue weighted by Gasteiger charge is 2.45. The molecule has 1 fully saturated rings. The molecule has 2 atom stereocenters. The van der Waals surface area contributed by atoms with Crippen LogP contribution in [0.3, 0.4) is 0 Å². The summed E-state index contributed by atoms with van der Waals surface area (Å²) in [6.45, 7) is 4.57. The van der Waals surface area contributed by atoms with Crippen molar-refractivity contribution in [2.45, 2.75) is 12.5 Å². The molecule has 3 aliphatic rings. The van der Waals surface area contributed by atoms with Gasteiger partial charge in [-0.15, -0.1) is 0 Å². The number of amides is 1. The van der Waals surface area contributed by atoms with Crippen molar-refractivity contribution in [3.05, 3.63) is 46.9 Å². The molecule has 3 nitrogen and oxygen atoms in total. The van der Waals surface area contributed by atoms with Gasteiger partial charge in [-0.1, -0.05) is 42.6 Å². The molecule has 0 saturated carbocycles. The zero-order valence-electron chi connectivity index (χ0n) is 9.80. The largest absolute Gasteiger partial charge is 0.286 e. The van der Waals surface area contributed by atoms with E-state index in [1.54, 1.807) is 4.90 Å². The molecule has 1 aliphatic carbocycles. The average molecular weight is 256 g/mol. The summed E-state index contributed by atoms with van der Waals surface area (Å²) in [7, 11) is 0. The van der Waals surface area contributed by atoms with E-state index >= 15 is 0 Å². The van der Waals surface area contributed by atoms with E-state index in [0.717, 1.165) is 16.5 Å². The Hall–Kier alpha value is -1.55. The van der Waals surface area contributed by atoms with Gasteiger partial charge in [0.1, 0.15) is 0 Å². The number of carbonyl (C=O) groups excluding carboxylic acids is 1. The van der Waals surface area contributed by atoms with E-state index in [9.17, 15) is 4.79 Å². The summed E-state index contributed by atoms with van der Waals surface area (Å²) in [5.41, 5.74) is 2.50. The number of fused-ring (bicyclic) bond motifs is 4. The van der Waals surface area contributed by atoms with E-state index in [1.165, 1.54) is 22.9 Å². The van der Waals surface area contributed by atoms with E-state index < -0.39 is 0 Å². The zero-order chi connectivity index (χ0) is 12.3. The number of benzene rings is 1. The van der Waals surface area contributed by atoms with Crippen LogP contribution in [0.25, 0.3) is 0 Å². The van der Waals surface area contributed by atoms with Gasteiger partial charge in [0.05, 0.1) is 18.5 Å². The van der Waals surface area contributed by atoms with Gasteiger partial charge in [-0.2, -0.15) is 0 Å². The third kappa shape index (κ3) is 1.27. The van der Waals surface area contributed by atoms with E-state index in [2.05, 4.69) is 18.7 Å². The van der Waals surface area contributed by atoms with E-state index in [-0.39, 0.29) is 17.9 Å². The van der Waals surface area contributed by atoms with Gasteiger partial charge < -0.3 is 0 Å². The number of aliphatic imine (C=N–C) groups is 1. The predicted octanol–water partition coefficient (Wildman–Crippen LogP) is 2.36. The van der Waals surface area contributed by atoms with Crippen LogP contribution in [0.2, 0.25) is 0 Å². The molecule has 2 aliphatic heterocycles. The number of rotatable bonds is 0. The molecule has 0 spiro atoms. The highest BCUT2D eigenvalue weighted by atomic mass is 32.2. The van der Waals surface area contributed by atoms with E-state index in [0.29, 0.717) is 6.54 Å². The van der Waals surface area contributed by atoms with Crippen LogP contribution in [0.5, 0.6) is 0 Å². The molecule has 0 aromatic heterocycles. The van der Waals surface area contributed by atoms with Crippen molar-refractivity contribution in [2.75, 3.05) is 6.54 Å². The molecular weight excluding hydrogens is 244 g/mol. The van der Waals surface area contributed by atoms with Gasteiger partial charge in [0.25, 0.3) is 0 Å². The number of amidine groups is 1. The summed E-state index contributed by atoms with van der Waals surface area (Å²) in [6, 6.07) is 8.29. The molecule has 0 radical (unpaired) electrons. The lowest BCUT2D eigenvalue weighted by molar-refractivity contribution is -0.132. The molecule has 1 aromatic rings. The van der Waals surface area contributed by atoms with Gasteiger partial charge in [-0.05, 0) is 17.5 Å². The SMILES string of the molecule is C=C1CN2C(=O)[C@H]3Cc4ccccc4[C@H]3N=C2S1. The van der Waals surface area contributed by atoms with E-state index in [1.807, 2.05) is 12.1 Å². The van der Waals surface area contributed by atoms with Crippen LogP contribution in [-0.2, 0) is 11.2 Å². The molecule has 0 unspecified atom stereocenters. The third-order valence-corrected chi connectivity index (χ3v) is 4.75. The minimum absolute atomic E-state index is 0.00218. The normalized spacial score (nSPS) is 28.9. The Bertz CT molecular complexity index is 608. The maximum absolute atomic E-state index is 12.5. The first kappa shape index (κ1) is 10.4. The fraction of sp³-hybridized carbons (Fsp3) is 0.286. The Morgan fingerprint density at radius 3 is 3.11 bits per heavy atom. The molecule has 18 heavy (non-hydrogen) atoms. The first-order valence-corrected chi connectivity index (χ1v) is 6.88. The van der Waals surface area contributed by atoms with Crippen LogP contribution in [0.4, 0.5) is 0 Å². The van der Waals surface area contributed by atoms with Crippen molar-refractivity contribution in [1.82, 2.24) is 4.90 Å². The van der Waals surface area contributed by atoms with Gasteiger partial charge in [0, 0.05) is 4.91 Å². The second-order valence-electron chi connectivity index (χ2n) is 4.93. The minimum atomic E-state index is -0.00218. The fourth-order valence-corrected chi connectivity index (χ4v) is 3.89. The molecule has 1 aromatic carbocycles. The number of thioether (sulfide) groups is 1. The molecule has 4 rings (SSSR count). The average Bonchev–Trinajstić information content (AvgIpc) is 2.91. The lowest BCUT2D eigenvalue weighted by Crippen LogP contribution is -2.41. The van der Waals surface area contributed by atoms with Crippen molar-refractivity contribution in [1.29, 1.82) is 0 Å². The molecule has 0 N–H and O–H groups in total. The topological polar surface area (TPSA) is 32.7 Å². The first-order chi connectivity index (χ1) is 8.74. The Kier molecular flexibility index (Phi) is 2.01. The quantitative estimate of drug-likeness (QED) is 0.714. The Morgan fingerprint density at radius 2 is 2.22 bits per heavy atom. The van der Waals surface area contributed by atoms with Crippen molar-refractivity contribution in [3.63, 3.8) is 0 Å². The maximum Gasteiger partial charge on any atom is 0.234 e. The highest BCUT2D eigenvalue weighted by molar-refractivity contribution is 8.17. The summed E-state index contributed by atoms with van der Waals surface area (Å²) >= 11 is 1.54. The predicted molar refractivity (Wildman–Crippen MR) is 72.3 cm³/mol. The van der Waals surface area contributed by atoms with Gasteiger partial charge in [0.15, 0.2) is 5.17 Å². The van der Waals surface area contributed by atoms with Crippen molar-refractivity contribution in [2.24, 2.45) is 10.9 Å². The summed E-state index contributed by atoms with van der Waals surface area (Å²) < 4.78 is 0. The Morgan fingerprint density at radius 1 is 1.39 bits per heavy atom. The van der Waals surface area contributed by atoms with Gasteiger partial charge in [-0.3, -0.25) is 14.7 Å². The number of hydrogen-bond acceptors (Lipinski definition) is 3. The second-order valence-corrected chi connectivity index (χ2v) is 6.08. The summed E-state index contributed by atoms with van der Waals surface area (Å²) in [6.07, 6.45) is 0.824. The molecular formula is C14H12N2OS. The number of hydrogen-bond donors (Lipinski definition) is 0. The summed E-state index contributed by atoms with van der Waals surface area (Å²) in [5, 5.41) is 0.836. The maximum atomic E-state index is 12.5. The first-order valence-electron chi connectivity index (χ1n) is 6.06. The van der Waals surface area contributed by atoms with Crippen LogP contribution >= 0.6 is 11.8 Å². The number of nitrogens with zero attached hydrogens (tertiary/aromatic N) is 2. The molecule has 90 valence electrons. The third-order valence-electron chi connectivity index (χ3n) is 3.83. The smallest absolute Gasteiger partial charge is 0.234 e. The highest BCUT2D eigenvalue weighted by Crippen LogP contribution is 2.45. The molecule has 2 heterocycles. The molecule has 0 bridgehead atoms. The van der Waals surface area contributed by atoms with Crippen LogP contribution in [0, 0.1) is 5.92 Å². The molecule has 1 saturated heterocycles. The van der Waals surface area contributed by atoms with Crippen LogP contribution in [-0.4, -0.2) is 22.5 Å². The fourth-order valence-electron chi connectivity index (χ4n) is 3.00. The second kappa shape index (κ2) is 3.48. The molecule has 4 heteroatoms. The Balaban J connectivity index is 1.83. The lowest BCUT2D eigenvalue weighted by atomic mass is 9.98. The van der Waals surface area contributed by atoms with Crippen molar-refractivity contribution in [3.8, 4) is 0 Å². The standard InChI is InChI=1S/C14H12N2OS/c1-8-7-16-13(17)11-6-9-4-2-3-5-10(9)12(11)15-14(16)18-8/h2-5,11-12H,1,6-7H2/t11-,12+/m0/s1. The molecule has 1 amide bonds.